The molecule has 1 aliphatic heterocycles. The van der Waals surface area contributed by atoms with E-state index in [1.54, 1.807) is 0 Å². The monoisotopic (exact) mass is 281 g/mol. The summed E-state index contributed by atoms with van der Waals surface area (Å²) in [5.41, 5.74) is 6.60. The zero-order chi connectivity index (χ0) is 14.8. The second-order valence-electron chi connectivity index (χ2n) is 5.96. The maximum atomic E-state index is 5.72. The normalized spacial score (nSPS) is 15.2. The van der Waals surface area contributed by atoms with Gasteiger partial charge in [-0.2, -0.15) is 0 Å². The SMILES string of the molecule is CNC(c1cc(C)cc(C)c1)c1ccc2c(c1)CCCO2. The van der Waals surface area contributed by atoms with Crippen LogP contribution < -0.4 is 10.1 Å². The summed E-state index contributed by atoms with van der Waals surface area (Å²) in [5, 5.41) is 3.46. The third-order valence-electron chi connectivity index (χ3n) is 4.13. The molecule has 2 heteroatoms. The van der Waals surface area contributed by atoms with Gasteiger partial charge >= 0.3 is 0 Å². The Hall–Kier alpha value is -1.80. The average Bonchev–Trinajstić information content (AvgIpc) is 2.47. The van der Waals surface area contributed by atoms with Crippen LogP contribution in [0, 0.1) is 13.8 Å². The molecular weight excluding hydrogens is 258 g/mol. The number of fused-ring (bicyclic) bond motifs is 1. The molecule has 0 amide bonds. The first-order chi connectivity index (χ1) is 10.2. The van der Waals surface area contributed by atoms with Gasteiger partial charge in [-0.3, -0.25) is 0 Å². The topological polar surface area (TPSA) is 21.3 Å². The Kier molecular flexibility index (Phi) is 3.98. The lowest BCUT2D eigenvalue weighted by Crippen LogP contribution is -2.19. The molecule has 0 spiro atoms. The molecule has 21 heavy (non-hydrogen) atoms. The van der Waals surface area contributed by atoms with E-state index < -0.39 is 0 Å². The van der Waals surface area contributed by atoms with Gasteiger partial charge in [-0.05, 0) is 56.5 Å². The quantitative estimate of drug-likeness (QED) is 0.920. The fourth-order valence-electron chi connectivity index (χ4n) is 3.26. The molecule has 0 fully saturated rings. The number of nitrogens with one attached hydrogen (secondary N) is 1. The van der Waals surface area contributed by atoms with Gasteiger partial charge in [0.2, 0.25) is 0 Å². The number of hydrogen-bond donors (Lipinski definition) is 1. The fraction of sp³-hybridized carbons (Fsp3) is 0.368. The van der Waals surface area contributed by atoms with Crippen molar-refractivity contribution in [3.63, 3.8) is 0 Å². The Labute approximate surface area is 127 Å². The molecule has 1 heterocycles. The predicted octanol–water partition coefficient (Wildman–Crippen LogP) is 3.94. The van der Waals surface area contributed by atoms with Crippen LogP contribution in [0.25, 0.3) is 0 Å². The highest BCUT2D eigenvalue weighted by molar-refractivity contribution is 5.43. The van der Waals surface area contributed by atoms with Gasteiger partial charge in [0.15, 0.2) is 0 Å². The Morgan fingerprint density at radius 1 is 1.00 bits per heavy atom. The summed E-state index contributed by atoms with van der Waals surface area (Å²) in [5.74, 6) is 1.06. The van der Waals surface area contributed by atoms with E-state index in [1.807, 2.05) is 7.05 Å². The van der Waals surface area contributed by atoms with Crippen LogP contribution in [0.3, 0.4) is 0 Å². The van der Waals surface area contributed by atoms with E-state index in [-0.39, 0.29) is 6.04 Å². The molecule has 1 aliphatic rings. The number of benzene rings is 2. The van der Waals surface area contributed by atoms with Crippen molar-refractivity contribution in [3.8, 4) is 5.75 Å². The van der Waals surface area contributed by atoms with E-state index in [2.05, 4.69) is 55.6 Å². The molecule has 0 aliphatic carbocycles. The standard InChI is InChI=1S/C19H23NO/c1-13-9-14(2)11-17(10-13)19(20-3)16-6-7-18-15(12-16)5-4-8-21-18/h6-7,9-12,19-20H,4-5,8H2,1-3H3. The van der Waals surface area contributed by atoms with Gasteiger partial charge in [0.1, 0.15) is 5.75 Å². The molecule has 1 N–H and O–H groups in total. The third-order valence-corrected chi connectivity index (χ3v) is 4.13. The van der Waals surface area contributed by atoms with E-state index in [4.69, 9.17) is 4.74 Å². The zero-order valence-electron chi connectivity index (χ0n) is 13.1. The summed E-state index contributed by atoms with van der Waals surface area (Å²) in [6.45, 7) is 5.16. The van der Waals surface area contributed by atoms with Gasteiger partial charge in [-0.15, -0.1) is 0 Å². The molecule has 110 valence electrons. The van der Waals surface area contributed by atoms with Crippen LogP contribution in [0.4, 0.5) is 0 Å². The molecule has 2 nitrogen and oxygen atoms in total. The average molecular weight is 281 g/mol. The zero-order valence-corrected chi connectivity index (χ0v) is 13.1. The van der Waals surface area contributed by atoms with Crippen LogP contribution in [0.2, 0.25) is 0 Å². The molecule has 0 saturated carbocycles. The van der Waals surface area contributed by atoms with Gasteiger partial charge in [0.05, 0.1) is 12.6 Å². The Morgan fingerprint density at radius 2 is 1.76 bits per heavy atom. The van der Waals surface area contributed by atoms with Gasteiger partial charge < -0.3 is 10.1 Å². The van der Waals surface area contributed by atoms with Crippen molar-refractivity contribution >= 4 is 0 Å². The highest BCUT2D eigenvalue weighted by Crippen LogP contribution is 2.30. The van der Waals surface area contributed by atoms with Crippen LogP contribution in [-0.2, 0) is 6.42 Å². The second kappa shape index (κ2) is 5.90. The lowest BCUT2D eigenvalue weighted by atomic mass is 9.93. The third kappa shape index (κ3) is 2.96. The van der Waals surface area contributed by atoms with Gasteiger partial charge in [-0.1, -0.05) is 41.5 Å². The van der Waals surface area contributed by atoms with Crippen molar-refractivity contribution in [1.82, 2.24) is 5.32 Å². The van der Waals surface area contributed by atoms with Gasteiger partial charge in [0, 0.05) is 0 Å². The summed E-state index contributed by atoms with van der Waals surface area (Å²) in [7, 11) is 2.03. The van der Waals surface area contributed by atoms with E-state index in [0.717, 1.165) is 25.2 Å². The van der Waals surface area contributed by atoms with Crippen LogP contribution in [0.1, 0.15) is 40.3 Å². The van der Waals surface area contributed by atoms with Crippen LogP contribution in [0.5, 0.6) is 5.75 Å². The lowest BCUT2D eigenvalue weighted by Gasteiger charge is -2.22. The summed E-state index contributed by atoms with van der Waals surface area (Å²) in [4.78, 5) is 0. The van der Waals surface area contributed by atoms with E-state index in [0.29, 0.717) is 0 Å². The largest absolute Gasteiger partial charge is 0.493 e. The molecule has 0 bridgehead atoms. The van der Waals surface area contributed by atoms with E-state index in [9.17, 15) is 0 Å². The van der Waals surface area contributed by atoms with Crippen LogP contribution in [-0.4, -0.2) is 13.7 Å². The molecule has 1 atom stereocenters. The second-order valence-corrected chi connectivity index (χ2v) is 5.96. The van der Waals surface area contributed by atoms with Gasteiger partial charge in [-0.25, -0.2) is 0 Å². The Bertz CT molecular complexity index is 628. The highest BCUT2D eigenvalue weighted by atomic mass is 16.5. The maximum absolute atomic E-state index is 5.72. The minimum atomic E-state index is 0.232. The first kappa shape index (κ1) is 14.2. The number of rotatable bonds is 3. The first-order valence-electron chi connectivity index (χ1n) is 7.68. The fourth-order valence-corrected chi connectivity index (χ4v) is 3.26. The smallest absolute Gasteiger partial charge is 0.122 e. The minimum absolute atomic E-state index is 0.232. The number of ether oxygens (including phenoxy) is 1. The molecular formula is C19H23NO. The number of aryl methyl sites for hydroxylation is 3. The summed E-state index contributed by atoms with van der Waals surface area (Å²) in [6, 6.07) is 13.6. The van der Waals surface area contributed by atoms with E-state index >= 15 is 0 Å². The summed E-state index contributed by atoms with van der Waals surface area (Å²) < 4.78 is 5.72. The molecule has 0 aromatic heterocycles. The molecule has 3 rings (SSSR count). The summed E-state index contributed by atoms with van der Waals surface area (Å²) in [6.07, 6.45) is 2.23. The van der Waals surface area contributed by atoms with Crippen LogP contribution in [0.15, 0.2) is 36.4 Å². The molecule has 2 aromatic carbocycles. The lowest BCUT2D eigenvalue weighted by molar-refractivity contribution is 0.288. The Morgan fingerprint density at radius 3 is 2.48 bits per heavy atom. The first-order valence-corrected chi connectivity index (χ1v) is 7.68. The van der Waals surface area contributed by atoms with Crippen molar-refractivity contribution in [2.45, 2.75) is 32.7 Å². The molecule has 1 unspecified atom stereocenters. The minimum Gasteiger partial charge on any atom is -0.493 e. The van der Waals surface area contributed by atoms with Crippen molar-refractivity contribution in [2.24, 2.45) is 0 Å². The van der Waals surface area contributed by atoms with Crippen molar-refractivity contribution in [2.75, 3.05) is 13.7 Å². The number of hydrogen-bond acceptors (Lipinski definition) is 2. The summed E-state index contributed by atoms with van der Waals surface area (Å²) >= 11 is 0. The van der Waals surface area contributed by atoms with Crippen molar-refractivity contribution < 1.29 is 4.74 Å². The molecule has 0 radical (unpaired) electrons. The maximum Gasteiger partial charge on any atom is 0.122 e. The van der Waals surface area contributed by atoms with Gasteiger partial charge in [0.25, 0.3) is 0 Å². The Balaban J connectivity index is 1.99. The predicted molar refractivity (Wildman–Crippen MR) is 87.1 cm³/mol. The van der Waals surface area contributed by atoms with Crippen molar-refractivity contribution in [3.05, 3.63) is 64.2 Å². The highest BCUT2D eigenvalue weighted by Gasteiger charge is 2.16. The molecule has 2 aromatic rings. The van der Waals surface area contributed by atoms with Crippen molar-refractivity contribution in [1.29, 1.82) is 0 Å². The van der Waals surface area contributed by atoms with Crippen LogP contribution >= 0.6 is 0 Å². The van der Waals surface area contributed by atoms with E-state index in [1.165, 1.54) is 27.8 Å². The molecule has 0 saturated heterocycles.